The van der Waals surface area contributed by atoms with Crippen molar-refractivity contribution in [3.8, 4) is 5.75 Å². The van der Waals surface area contributed by atoms with E-state index < -0.39 is 17.8 Å². The quantitative estimate of drug-likeness (QED) is 0.420. The van der Waals surface area contributed by atoms with Crippen LogP contribution in [0.3, 0.4) is 0 Å². The van der Waals surface area contributed by atoms with Gasteiger partial charge in [0.05, 0.1) is 12.8 Å². The van der Waals surface area contributed by atoms with Gasteiger partial charge >= 0.3 is 6.03 Å². The van der Waals surface area contributed by atoms with Gasteiger partial charge in [0.2, 0.25) is 0 Å². The molecule has 1 aliphatic heterocycles. The largest absolute Gasteiger partial charge is 0.488 e. The van der Waals surface area contributed by atoms with Gasteiger partial charge in [-0.3, -0.25) is 19.8 Å². The number of nitrogens with one attached hydrogen (secondary N) is 1. The number of halogens is 1. The molecule has 7 nitrogen and oxygen atoms in total. The van der Waals surface area contributed by atoms with Gasteiger partial charge in [0.25, 0.3) is 11.8 Å². The summed E-state index contributed by atoms with van der Waals surface area (Å²) in [4.78, 5) is 38.4. The van der Waals surface area contributed by atoms with Crippen molar-refractivity contribution in [3.63, 3.8) is 0 Å². The van der Waals surface area contributed by atoms with Gasteiger partial charge in [-0.25, -0.2) is 4.79 Å². The monoisotopic (exact) mass is 480 g/mol. The second kappa shape index (κ2) is 9.01. The first-order valence-electron chi connectivity index (χ1n) is 9.39. The second-order valence-electron chi connectivity index (χ2n) is 6.74. The van der Waals surface area contributed by atoms with Gasteiger partial charge in [-0.05, 0) is 42.0 Å². The molecular formula is C23H17BrN2O5. The molecule has 1 saturated heterocycles. The van der Waals surface area contributed by atoms with E-state index in [9.17, 15) is 14.4 Å². The molecule has 2 heterocycles. The first-order valence-corrected chi connectivity index (χ1v) is 10.2. The van der Waals surface area contributed by atoms with Crippen molar-refractivity contribution in [2.45, 2.75) is 13.2 Å². The number of imide groups is 2. The zero-order valence-electron chi connectivity index (χ0n) is 16.2. The molecule has 2 aromatic carbocycles. The Hall–Kier alpha value is -3.65. The normalized spacial score (nSPS) is 15.3. The van der Waals surface area contributed by atoms with E-state index in [2.05, 4.69) is 21.2 Å². The van der Waals surface area contributed by atoms with Crippen LogP contribution < -0.4 is 10.1 Å². The number of para-hydroxylation sites is 1. The van der Waals surface area contributed by atoms with Gasteiger partial charge in [0, 0.05) is 10.0 Å². The van der Waals surface area contributed by atoms with E-state index in [1.807, 2.05) is 24.3 Å². The minimum absolute atomic E-state index is 0.0794. The molecule has 1 aliphatic rings. The van der Waals surface area contributed by atoms with Crippen LogP contribution in [0, 0.1) is 0 Å². The lowest BCUT2D eigenvalue weighted by atomic mass is 10.1. The highest BCUT2D eigenvalue weighted by atomic mass is 79.9. The number of barbiturate groups is 1. The Morgan fingerprint density at radius 2 is 1.77 bits per heavy atom. The van der Waals surface area contributed by atoms with Crippen molar-refractivity contribution in [2.24, 2.45) is 0 Å². The number of ether oxygens (including phenoxy) is 1. The number of urea groups is 1. The molecule has 0 unspecified atom stereocenters. The zero-order valence-corrected chi connectivity index (χ0v) is 17.8. The molecule has 0 saturated carbocycles. The maximum absolute atomic E-state index is 12.9. The summed E-state index contributed by atoms with van der Waals surface area (Å²) < 4.78 is 12.1. The fraction of sp³-hybridized carbons (Fsp3) is 0.0870. The molecule has 31 heavy (non-hydrogen) atoms. The van der Waals surface area contributed by atoms with E-state index in [1.54, 1.807) is 36.4 Å². The maximum atomic E-state index is 12.9. The van der Waals surface area contributed by atoms with Crippen LogP contribution >= 0.6 is 15.9 Å². The predicted molar refractivity (Wildman–Crippen MR) is 116 cm³/mol. The Kier molecular flexibility index (Phi) is 5.99. The molecule has 0 bridgehead atoms. The average molecular weight is 481 g/mol. The first kappa shape index (κ1) is 20.6. The Morgan fingerprint density at radius 3 is 2.52 bits per heavy atom. The van der Waals surface area contributed by atoms with Gasteiger partial charge in [-0.2, -0.15) is 0 Å². The van der Waals surface area contributed by atoms with E-state index >= 15 is 0 Å². The van der Waals surface area contributed by atoms with Gasteiger partial charge in [0.15, 0.2) is 0 Å². The van der Waals surface area contributed by atoms with Crippen molar-refractivity contribution in [1.29, 1.82) is 0 Å². The number of furan rings is 1. The lowest BCUT2D eigenvalue weighted by Gasteiger charge is -2.25. The predicted octanol–water partition coefficient (Wildman–Crippen LogP) is 4.28. The van der Waals surface area contributed by atoms with Crippen LogP contribution in [-0.4, -0.2) is 22.7 Å². The minimum atomic E-state index is -0.789. The number of carbonyl (C=O) groups is 3. The summed E-state index contributed by atoms with van der Waals surface area (Å²) in [6, 6.07) is 17.3. The highest BCUT2D eigenvalue weighted by molar-refractivity contribution is 9.10. The van der Waals surface area contributed by atoms with Crippen molar-refractivity contribution in [1.82, 2.24) is 10.2 Å². The van der Waals surface area contributed by atoms with Gasteiger partial charge in [-0.1, -0.05) is 46.3 Å². The molecule has 1 aromatic heterocycles. The SMILES string of the molecule is O=C1NC(=O)N(Cc2ccco2)C(=O)/C1=C/c1ccccc1OCc1ccc(Br)cc1. The minimum Gasteiger partial charge on any atom is -0.488 e. The van der Waals surface area contributed by atoms with Gasteiger partial charge in [0.1, 0.15) is 23.7 Å². The zero-order chi connectivity index (χ0) is 21.8. The number of rotatable bonds is 6. The smallest absolute Gasteiger partial charge is 0.331 e. The lowest BCUT2D eigenvalue weighted by Crippen LogP contribution is -2.53. The van der Waals surface area contributed by atoms with E-state index in [-0.39, 0.29) is 12.1 Å². The van der Waals surface area contributed by atoms with Crippen LogP contribution in [0.2, 0.25) is 0 Å². The van der Waals surface area contributed by atoms with Crippen LogP contribution in [0.25, 0.3) is 6.08 Å². The number of benzene rings is 2. The van der Waals surface area contributed by atoms with Crippen molar-refractivity contribution >= 4 is 39.9 Å². The molecule has 1 N–H and O–H groups in total. The summed E-state index contributed by atoms with van der Waals surface area (Å²) in [5.41, 5.74) is 1.35. The lowest BCUT2D eigenvalue weighted by molar-refractivity contribution is -0.130. The molecule has 1 fully saturated rings. The summed E-state index contributed by atoms with van der Waals surface area (Å²) in [7, 11) is 0. The third kappa shape index (κ3) is 4.75. The van der Waals surface area contributed by atoms with Crippen LogP contribution in [0.4, 0.5) is 4.79 Å². The Bertz CT molecular complexity index is 1150. The molecule has 0 aliphatic carbocycles. The first-order chi connectivity index (χ1) is 15.0. The fourth-order valence-electron chi connectivity index (χ4n) is 3.02. The summed E-state index contributed by atoms with van der Waals surface area (Å²) in [6.45, 7) is 0.237. The van der Waals surface area contributed by atoms with Crippen molar-refractivity contribution in [3.05, 3.63) is 93.9 Å². The highest BCUT2D eigenvalue weighted by Crippen LogP contribution is 2.25. The van der Waals surface area contributed by atoms with E-state index in [1.165, 1.54) is 12.3 Å². The number of hydrogen-bond donors (Lipinski definition) is 1. The molecule has 0 radical (unpaired) electrons. The summed E-state index contributed by atoms with van der Waals surface area (Å²) in [5, 5.41) is 2.20. The fourth-order valence-corrected chi connectivity index (χ4v) is 3.29. The molecule has 0 atom stereocenters. The third-order valence-electron chi connectivity index (χ3n) is 4.61. The molecule has 4 rings (SSSR count). The molecule has 4 amide bonds. The molecule has 156 valence electrons. The topological polar surface area (TPSA) is 88.9 Å². The van der Waals surface area contributed by atoms with Gasteiger partial charge in [-0.15, -0.1) is 0 Å². The van der Waals surface area contributed by atoms with Crippen LogP contribution in [-0.2, 0) is 22.7 Å². The van der Waals surface area contributed by atoms with Crippen LogP contribution in [0.15, 0.2) is 81.4 Å². The molecule has 0 spiro atoms. The van der Waals surface area contributed by atoms with Crippen LogP contribution in [0.5, 0.6) is 5.75 Å². The highest BCUT2D eigenvalue weighted by Gasteiger charge is 2.36. The second-order valence-corrected chi connectivity index (χ2v) is 7.66. The summed E-state index contributed by atoms with van der Waals surface area (Å²) >= 11 is 3.39. The van der Waals surface area contributed by atoms with E-state index in [0.29, 0.717) is 23.7 Å². The standard InChI is InChI=1S/C23H17BrN2O5/c24-17-9-7-15(8-10-17)14-31-20-6-2-1-4-16(20)12-19-21(27)25-23(29)26(22(19)28)13-18-5-3-11-30-18/h1-12H,13-14H2,(H,25,27,29)/b19-12+. The Labute approximate surface area is 186 Å². The number of hydrogen-bond acceptors (Lipinski definition) is 5. The number of amides is 4. The average Bonchev–Trinajstić information content (AvgIpc) is 3.28. The summed E-state index contributed by atoms with van der Waals surface area (Å²) in [5.74, 6) is -0.523. The van der Waals surface area contributed by atoms with E-state index in [4.69, 9.17) is 9.15 Å². The van der Waals surface area contributed by atoms with E-state index in [0.717, 1.165) is 14.9 Å². The maximum Gasteiger partial charge on any atom is 0.331 e. The summed E-state index contributed by atoms with van der Waals surface area (Å²) in [6.07, 6.45) is 2.87. The molecular weight excluding hydrogens is 464 g/mol. The molecule has 8 heteroatoms. The Morgan fingerprint density at radius 1 is 1.00 bits per heavy atom. The van der Waals surface area contributed by atoms with Crippen molar-refractivity contribution < 1.29 is 23.5 Å². The molecule has 3 aromatic rings. The van der Waals surface area contributed by atoms with Crippen LogP contribution in [0.1, 0.15) is 16.9 Å². The number of nitrogens with zero attached hydrogens (tertiary/aromatic N) is 1. The van der Waals surface area contributed by atoms with Crippen molar-refractivity contribution in [2.75, 3.05) is 0 Å². The van der Waals surface area contributed by atoms with Gasteiger partial charge < -0.3 is 9.15 Å². The number of carbonyl (C=O) groups excluding carboxylic acids is 3. The Balaban J connectivity index is 1.57. The third-order valence-corrected chi connectivity index (χ3v) is 5.13.